The smallest absolute Gasteiger partial charge is 0.313 e. The molecular weight excluding hydrogens is 926 g/mol. The third-order valence-electron chi connectivity index (χ3n) is 10.0. The van der Waals surface area contributed by atoms with E-state index in [1.165, 1.54) is 41.0 Å². The van der Waals surface area contributed by atoms with Crippen LogP contribution < -0.4 is 9.44 Å². The van der Waals surface area contributed by atoms with Gasteiger partial charge < -0.3 is 19.0 Å². The molecule has 0 aliphatic heterocycles. The van der Waals surface area contributed by atoms with E-state index >= 15 is 0 Å². The van der Waals surface area contributed by atoms with Gasteiger partial charge in [0.25, 0.3) is 20.0 Å². The Kier molecular flexibility index (Phi) is 15.5. The number of carbonyl (C=O) groups is 1. The summed E-state index contributed by atoms with van der Waals surface area (Å²) < 4.78 is 93.6. The fraction of sp³-hybridized carbons (Fsp3) is 0.341. The molecule has 6 aromatic rings. The number of ether oxygens (including phenoxy) is 1. The van der Waals surface area contributed by atoms with Gasteiger partial charge in [-0.25, -0.2) is 25.6 Å². The number of esters is 1. The first-order valence-electron chi connectivity index (χ1n) is 20.1. The molecule has 0 unspecified atom stereocenters. The number of halogens is 4. The number of carbonyl (C=O) groups excluding carboxylic acids is 1. The average molecular weight is 976 g/mol. The Balaban J connectivity index is 0.000000245. The molecule has 21 heteroatoms. The van der Waals surface area contributed by atoms with Gasteiger partial charge in [0.1, 0.15) is 29.7 Å². The highest BCUT2D eigenvalue weighted by Gasteiger charge is 2.25. The molecule has 4 aromatic carbocycles. The summed E-state index contributed by atoms with van der Waals surface area (Å²) in [6.45, 7) is 13.9. The topological polar surface area (TPSA) is 200 Å². The van der Waals surface area contributed by atoms with Crippen molar-refractivity contribution in [3.63, 3.8) is 0 Å². The van der Waals surface area contributed by atoms with E-state index in [0.717, 1.165) is 23.3 Å². The van der Waals surface area contributed by atoms with Crippen LogP contribution in [-0.4, -0.2) is 70.7 Å². The van der Waals surface area contributed by atoms with Crippen molar-refractivity contribution in [2.75, 3.05) is 22.7 Å². The lowest BCUT2D eigenvalue weighted by Crippen LogP contribution is -2.16. The summed E-state index contributed by atoms with van der Waals surface area (Å²) in [7, 11) is -4.80. The number of sulfonamides is 2. The minimum atomic E-state index is -4.06. The first-order chi connectivity index (χ1) is 30.3. The summed E-state index contributed by atoms with van der Waals surface area (Å²) in [4.78, 5) is 11.9. The zero-order valence-corrected chi connectivity index (χ0v) is 40.3. The van der Waals surface area contributed by atoms with E-state index in [4.69, 9.17) is 33.0 Å². The fourth-order valence-electron chi connectivity index (χ4n) is 6.31. The highest BCUT2D eigenvalue weighted by molar-refractivity contribution is 7.93. The number of aliphatic hydroxyl groups is 1. The normalized spacial score (nSPS) is 12.1. The second kappa shape index (κ2) is 20.0. The molecule has 348 valence electrons. The highest BCUT2D eigenvalue weighted by atomic mass is 35.5. The molecule has 0 saturated heterocycles. The Labute approximate surface area is 387 Å². The fourth-order valence-corrected chi connectivity index (χ4v) is 8.78. The second-order valence-electron chi connectivity index (χ2n) is 16.8. The van der Waals surface area contributed by atoms with Crippen LogP contribution in [0.5, 0.6) is 0 Å². The van der Waals surface area contributed by atoms with Crippen LogP contribution in [0, 0.1) is 11.6 Å². The zero-order chi connectivity index (χ0) is 48.2. The maximum Gasteiger partial charge on any atom is 0.313 e. The summed E-state index contributed by atoms with van der Waals surface area (Å²) in [5.74, 6) is -0.802. The Morgan fingerprint density at radius 3 is 1.43 bits per heavy atom. The number of hydrogen-bond acceptors (Lipinski definition) is 11. The van der Waals surface area contributed by atoms with Crippen LogP contribution in [0.15, 0.2) is 82.6 Å². The molecule has 0 fully saturated rings. The van der Waals surface area contributed by atoms with E-state index < -0.39 is 37.7 Å². The summed E-state index contributed by atoms with van der Waals surface area (Å²) in [5.41, 5.74) is 2.06. The number of rotatable bonds is 13. The molecule has 2 aromatic heterocycles. The first kappa shape index (κ1) is 50.5. The van der Waals surface area contributed by atoms with Crippen molar-refractivity contribution >= 4 is 60.6 Å². The number of aliphatic hydroxyl groups excluding tert-OH is 1. The van der Waals surface area contributed by atoms with Crippen molar-refractivity contribution < 1.29 is 40.3 Å². The van der Waals surface area contributed by atoms with Crippen molar-refractivity contribution in [3.05, 3.63) is 117 Å². The third-order valence-corrected chi connectivity index (χ3v) is 13.4. The van der Waals surface area contributed by atoms with Crippen LogP contribution in [-0.2, 0) is 67.3 Å². The van der Waals surface area contributed by atoms with Gasteiger partial charge in [0, 0.05) is 43.8 Å². The maximum absolute atomic E-state index is 14.3. The lowest BCUT2D eigenvalue weighted by Gasteiger charge is -2.19. The predicted molar refractivity (Wildman–Crippen MR) is 246 cm³/mol. The van der Waals surface area contributed by atoms with Crippen LogP contribution >= 0.6 is 23.2 Å². The molecule has 0 bridgehead atoms. The quantitative estimate of drug-likeness (QED) is 0.0939. The molecule has 65 heavy (non-hydrogen) atoms. The lowest BCUT2D eigenvalue weighted by atomic mass is 9.87. The molecule has 0 atom stereocenters. The number of aromatic nitrogens is 6. The van der Waals surface area contributed by atoms with Gasteiger partial charge in [-0.1, -0.05) is 89.0 Å². The minimum absolute atomic E-state index is 0.0165. The van der Waals surface area contributed by atoms with Crippen LogP contribution in [0.2, 0.25) is 10.0 Å². The number of hydrogen-bond donors (Lipinski definition) is 3. The van der Waals surface area contributed by atoms with Crippen LogP contribution in [0.4, 0.5) is 20.2 Å². The first-order valence-corrected chi connectivity index (χ1v) is 23.8. The molecule has 15 nitrogen and oxygen atoms in total. The van der Waals surface area contributed by atoms with Gasteiger partial charge in [0.2, 0.25) is 0 Å². The Morgan fingerprint density at radius 1 is 0.677 bits per heavy atom. The van der Waals surface area contributed by atoms with Crippen molar-refractivity contribution in [3.8, 4) is 22.8 Å². The van der Waals surface area contributed by atoms with Gasteiger partial charge in [-0.2, -0.15) is 0 Å². The van der Waals surface area contributed by atoms with E-state index in [2.05, 4.69) is 29.8 Å². The van der Waals surface area contributed by atoms with Crippen molar-refractivity contribution in [1.82, 2.24) is 29.5 Å². The molecule has 0 spiro atoms. The molecular formula is C44H50Cl2F2N8O7S2. The van der Waals surface area contributed by atoms with Crippen LogP contribution in [0.3, 0.4) is 0 Å². The Morgan fingerprint density at radius 2 is 1.06 bits per heavy atom. The van der Waals surface area contributed by atoms with E-state index in [1.807, 2.05) is 41.5 Å². The van der Waals surface area contributed by atoms with Crippen LogP contribution in [0.25, 0.3) is 22.8 Å². The van der Waals surface area contributed by atoms with Crippen molar-refractivity contribution in [2.24, 2.45) is 14.1 Å². The Hall–Kier alpha value is -5.47. The van der Waals surface area contributed by atoms with Gasteiger partial charge in [-0.05, 0) is 65.3 Å². The van der Waals surface area contributed by atoms with E-state index in [9.17, 15) is 30.4 Å². The molecule has 0 radical (unpaired) electrons. The van der Waals surface area contributed by atoms with Gasteiger partial charge in [0.05, 0.1) is 44.4 Å². The maximum atomic E-state index is 14.3. The average Bonchev–Trinajstić information content (AvgIpc) is 3.77. The summed E-state index contributed by atoms with van der Waals surface area (Å²) in [5, 5.41) is 24.9. The van der Waals surface area contributed by atoms with Crippen LogP contribution in [0.1, 0.15) is 71.2 Å². The van der Waals surface area contributed by atoms with Crippen molar-refractivity contribution in [2.45, 2.75) is 81.9 Å². The van der Waals surface area contributed by atoms with Gasteiger partial charge in [-0.15, -0.1) is 20.4 Å². The second-order valence-corrected chi connectivity index (χ2v) is 21.0. The molecule has 0 amide bonds. The zero-order valence-electron chi connectivity index (χ0n) is 37.2. The predicted octanol–water partition coefficient (Wildman–Crippen LogP) is 8.39. The molecule has 0 aliphatic rings. The number of nitrogens with zero attached hydrogens (tertiary/aromatic N) is 6. The van der Waals surface area contributed by atoms with Gasteiger partial charge >= 0.3 is 5.97 Å². The third kappa shape index (κ3) is 12.1. The largest absolute Gasteiger partial charge is 0.466 e. The summed E-state index contributed by atoms with van der Waals surface area (Å²) in [6.07, 6.45) is 0.132. The minimum Gasteiger partial charge on any atom is -0.466 e. The number of anilines is 2. The standard InChI is InChI=1S/C23H26ClFN4O4S.C21H24ClFN4O3S/c1-6-33-21(30)13-20-26-27-22(29(20)5)16-11-17(24)18(25)12-19(16)28-34(31,32)15-9-7-14(8-10-15)23(2,3)4;1-21(2,3)13-5-7-14(8-6-13)31(29,30)26-18-12-17(23)16(22)11-15(18)20-25-24-19(9-10-28)27(20)4/h7-12,28H,6,13H2,1-5H3;5-8,11-12,26,28H,9-10H2,1-4H3. The monoisotopic (exact) mass is 974 g/mol. The lowest BCUT2D eigenvalue weighted by molar-refractivity contribution is -0.142. The number of nitrogens with one attached hydrogen (secondary N) is 2. The van der Waals surface area contributed by atoms with Gasteiger partial charge in [0.15, 0.2) is 11.6 Å². The molecule has 0 aliphatic carbocycles. The molecule has 3 N–H and O–H groups in total. The summed E-state index contributed by atoms with van der Waals surface area (Å²) in [6, 6.07) is 17.5. The highest BCUT2D eigenvalue weighted by Crippen LogP contribution is 2.36. The molecule has 6 rings (SSSR count). The molecule has 0 saturated carbocycles. The Bertz CT molecular complexity index is 2910. The molecule has 2 heterocycles. The van der Waals surface area contributed by atoms with Gasteiger partial charge in [-0.3, -0.25) is 14.2 Å². The van der Waals surface area contributed by atoms with Crippen molar-refractivity contribution in [1.29, 1.82) is 0 Å². The number of benzene rings is 4. The SMILES string of the molecule is CCOC(=O)Cc1nnc(-c2cc(Cl)c(F)cc2NS(=O)(=O)c2ccc(C(C)(C)C)cc2)n1C.Cn1c(CCO)nnc1-c1cc(Cl)c(F)cc1NS(=O)(=O)c1ccc(C(C)(C)C)cc1. The van der Waals surface area contributed by atoms with E-state index in [-0.39, 0.29) is 90.9 Å². The summed E-state index contributed by atoms with van der Waals surface area (Å²) >= 11 is 11.9. The van der Waals surface area contributed by atoms with E-state index in [1.54, 1.807) is 49.9 Å². The van der Waals surface area contributed by atoms with E-state index in [0.29, 0.717) is 11.6 Å².